The lowest BCUT2D eigenvalue weighted by Crippen LogP contribution is -2.19. The van der Waals surface area contributed by atoms with Crippen molar-refractivity contribution >= 4 is 17.3 Å². The lowest BCUT2D eigenvalue weighted by atomic mass is 10.1. The molecule has 0 saturated heterocycles. The lowest BCUT2D eigenvalue weighted by molar-refractivity contribution is 0.282. The second-order valence-electron chi connectivity index (χ2n) is 3.67. The quantitative estimate of drug-likeness (QED) is 0.836. The third-order valence-corrected chi connectivity index (χ3v) is 2.86. The van der Waals surface area contributed by atoms with Gasteiger partial charge in [0.25, 0.3) is 0 Å². The Morgan fingerprint density at radius 3 is 2.73 bits per heavy atom. The van der Waals surface area contributed by atoms with Gasteiger partial charge in [-0.1, -0.05) is 31.0 Å². The topological polar surface area (TPSA) is 23.5 Å². The molecule has 2 nitrogen and oxygen atoms in total. The van der Waals surface area contributed by atoms with Crippen molar-refractivity contribution < 1.29 is 5.11 Å². The highest BCUT2D eigenvalue weighted by Gasteiger charge is 2.09. The molecule has 84 valence electrons. The molecule has 3 heteroatoms. The second kappa shape index (κ2) is 5.99. The van der Waals surface area contributed by atoms with E-state index in [1.54, 1.807) is 0 Å². The van der Waals surface area contributed by atoms with Gasteiger partial charge in [-0.2, -0.15) is 0 Å². The third kappa shape index (κ3) is 3.11. The maximum Gasteiger partial charge on any atom is 0.0716 e. The van der Waals surface area contributed by atoms with E-state index in [2.05, 4.69) is 11.8 Å². The van der Waals surface area contributed by atoms with Gasteiger partial charge in [0, 0.05) is 29.9 Å². The average Bonchev–Trinajstić information content (AvgIpc) is 2.25. The summed E-state index contributed by atoms with van der Waals surface area (Å²) in [5, 5.41) is 9.90. The molecule has 0 bridgehead atoms. The SMILES string of the molecule is CCCCN(C)c1cccc(Cl)c1CO. The van der Waals surface area contributed by atoms with Gasteiger partial charge >= 0.3 is 0 Å². The number of halogens is 1. The number of hydrogen-bond acceptors (Lipinski definition) is 2. The maximum absolute atomic E-state index is 9.26. The Kier molecular flexibility index (Phi) is 4.92. The second-order valence-corrected chi connectivity index (χ2v) is 4.08. The van der Waals surface area contributed by atoms with E-state index in [4.69, 9.17) is 11.6 Å². The minimum absolute atomic E-state index is 0.00846. The van der Waals surface area contributed by atoms with Crippen LogP contribution in [0.15, 0.2) is 18.2 Å². The van der Waals surface area contributed by atoms with E-state index in [0.29, 0.717) is 5.02 Å². The molecule has 0 aliphatic rings. The van der Waals surface area contributed by atoms with E-state index >= 15 is 0 Å². The van der Waals surface area contributed by atoms with Crippen molar-refractivity contribution in [1.82, 2.24) is 0 Å². The van der Waals surface area contributed by atoms with Gasteiger partial charge in [0.05, 0.1) is 6.61 Å². The molecule has 0 aliphatic carbocycles. The standard InChI is InChI=1S/C12H18ClNO/c1-3-4-8-14(2)12-7-5-6-11(13)10(12)9-15/h5-7,15H,3-4,8-9H2,1-2H3. The number of rotatable bonds is 5. The molecule has 0 aliphatic heterocycles. The van der Waals surface area contributed by atoms with Crippen LogP contribution in [0.3, 0.4) is 0 Å². The van der Waals surface area contributed by atoms with Gasteiger partial charge in [-0.05, 0) is 18.6 Å². The Labute approximate surface area is 96.5 Å². The minimum Gasteiger partial charge on any atom is -0.392 e. The predicted molar refractivity (Wildman–Crippen MR) is 65.6 cm³/mol. The minimum atomic E-state index is -0.00846. The highest BCUT2D eigenvalue weighted by Crippen LogP contribution is 2.26. The molecule has 0 unspecified atom stereocenters. The normalized spacial score (nSPS) is 10.4. The van der Waals surface area contributed by atoms with Crippen LogP contribution in [0.25, 0.3) is 0 Å². The summed E-state index contributed by atoms with van der Waals surface area (Å²) in [5.41, 5.74) is 1.84. The number of nitrogens with zero attached hydrogens (tertiary/aromatic N) is 1. The molecule has 0 amide bonds. The Bertz CT molecular complexity index is 314. The summed E-state index contributed by atoms with van der Waals surface area (Å²) < 4.78 is 0. The fraction of sp³-hybridized carbons (Fsp3) is 0.500. The van der Waals surface area contributed by atoms with Crippen molar-refractivity contribution in [1.29, 1.82) is 0 Å². The van der Waals surface area contributed by atoms with Crippen LogP contribution in [0.4, 0.5) is 5.69 Å². The van der Waals surface area contributed by atoms with E-state index in [9.17, 15) is 5.11 Å². The van der Waals surface area contributed by atoms with Crippen molar-refractivity contribution in [3.05, 3.63) is 28.8 Å². The Morgan fingerprint density at radius 2 is 2.13 bits per heavy atom. The van der Waals surface area contributed by atoms with Crippen LogP contribution >= 0.6 is 11.6 Å². The van der Waals surface area contributed by atoms with Crippen LogP contribution < -0.4 is 4.90 Å². The monoisotopic (exact) mass is 227 g/mol. The molecule has 0 atom stereocenters. The highest BCUT2D eigenvalue weighted by molar-refractivity contribution is 6.31. The largest absolute Gasteiger partial charge is 0.392 e. The summed E-state index contributed by atoms with van der Waals surface area (Å²) in [6.07, 6.45) is 2.31. The van der Waals surface area contributed by atoms with Gasteiger partial charge in [0.15, 0.2) is 0 Å². The zero-order valence-electron chi connectivity index (χ0n) is 9.33. The molecule has 0 spiro atoms. The van der Waals surface area contributed by atoms with Gasteiger partial charge in [-0.15, -0.1) is 0 Å². The summed E-state index contributed by atoms with van der Waals surface area (Å²) in [5.74, 6) is 0. The van der Waals surface area contributed by atoms with Gasteiger partial charge in [-0.3, -0.25) is 0 Å². The van der Waals surface area contributed by atoms with E-state index < -0.39 is 0 Å². The van der Waals surface area contributed by atoms with Crippen molar-refractivity contribution in [2.45, 2.75) is 26.4 Å². The molecule has 0 radical (unpaired) electrons. The van der Waals surface area contributed by atoms with E-state index in [-0.39, 0.29) is 6.61 Å². The molecule has 0 aromatic heterocycles. The number of hydrogen-bond donors (Lipinski definition) is 1. The molecule has 1 aromatic carbocycles. The lowest BCUT2D eigenvalue weighted by Gasteiger charge is -2.22. The van der Waals surface area contributed by atoms with Crippen LogP contribution in [0.1, 0.15) is 25.3 Å². The van der Waals surface area contributed by atoms with Crippen molar-refractivity contribution in [3.8, 4) is 0 Å². The van der Waals surface area contributed by atoms with Crippen LogP contribution in [0, 0.1) is 0 Å². The smallest absolute Gasteiger partial charge is 0.0716 e. The molecule has 15 heavy (non-hydrogen) atoms. The average molecular weight is 228 g/mol. The van der Waals surface area contributed by atoms with Crippen LogP contribution in [0.5, 0.6) is 0 Å². The number of aliphatic hydroxyl groups excluding tert-OH is 1. The Hall–Kier alpha value is -0.730. The molecule has 0 fully saturated rings. The van der Waals surface area contributed by atoms with E-state index in [1.807, 2.05) is 25.2 Å². The molecule has 1 aromatic rings. The van der Waals surface area contributed by atoms with Crippen molar-refractivity contribution in [2.75, 3.05) is 18.5 Å². The molecule has 0 heterocycles. The van der Waals surface area contributed by atoms with Gasteiger partial charge in [-0.25, -0.2) is 0 Å². The predicted octanol–water partition coefficient (Wildman–Crippen LogP) is 3.07. The highest BCUT2D eigenvalue weighted by atomic mass is 35.5. The molecular weight excluding hydrogens is 210 g/mol. The van der Waals surface area contributed by atoms with Crippen molar-refractivity contribution in [2.24, 2.45) is 0 Å². The number of anilines is 1. The molecule has 1 rings (SSSR count). The van der Waals surface area contributed by atoms with Crippen LogP contribution in [-0.4, -0.2) is 18.7 Å². The molecule has 0 saturated carbocycles. The number of aliphatic hydroxyl groups is 1. The zero-order chi connectivity index (χ0) is 11.3. The summed E-state index contributed by atoms with van der Waals surface area (Å²) in [6.45, 7) is 3.15. The first-order chi connectivity index (χ1) is 7.20. The first-order valence-electron chi connectivity index (χ1n) is 5.30. The molecular formula is C12H18ClNO. The Balaban J connectivity index is 2.87. The number of benzene rings is 1. The van der Waals surface area contributed by atoms with Crippen molar-refractivity contribution in [3.63, 3.8) is 0 Å². The number of unbranched alkanes of at least 4 members (excludes halogenated alkanes) is 1. The van der Waals surface area contributed by atoms with E-state index in [1.165, 1.54) is 6.42 Å². The zero-order valence-corrected chi connectivity index (χ0v) is 10.1. The van der Waals surface area contributed by atoms with Crippen LogP contribution in [0.2, 0.25) is 5.02 Å². The fourth-order valence-corrected chi connectivity index (χ4v) is 1.81. The summed E-state index contributed by atoms with van der Waals surface area (Å²) in [4.78, 5) is 2.14. The third-order valence-electron chi connectivity index (χ3n) is 2.51. The summed E-state index contributed by atoms with van der Waals surface area (Å²) >= 11 is 6.02. The van der Waals surface area contributed by atoms with Crippen LogP contribution in [-0.2, 0) is 6.61 Å². The van der Waals surface area contributed by atoms with Gasteiger partial charge in [0.2, 0.25) is 0 Å². The first kappa shape index (κ1) is 12.3. The van der Waals surface area contributed by atoms with E-state index in [0.717, 1.165) is 24.2 Å². The van der Waals surface area contributed by atoms with Gasteiger partial charge < -0.3 is 10.0 Å². The summed E-state index contributed by atoms with van der Waals surface area (Å²) in [6, 6.07) is 5.72. The first-order valence-corrected chi connectivity index (χ1v) is 5.67. The fourth-order valence-electron chi connectivity index (χ4n) is 1.58. The van der Waals surface area contributed by atoms with Gasteiger partial charge in [0.1, 0.15) is 0 Å². The Morgan fingerprint density at radius 1 is 1.40 bits per heavy atom. The maximum atomic E-state index is 9.26. The summed E-state index contributed by atoms with van der Waals surface area (Å²) in [7, 11) is 2.03. The molecule has 1 N–H and O–H groups in total.